The van der Waals surface area contributed by atoms with Crippen LogP contribution in [-0.4, -0.2) is 0 Å². The van der Waals surface area contributed by atoms with Crippen LogP contribution in [0.3, 0.4) is 0 Å². The lowest BCUT2D eigenvalue weighted by molar-refractivity contribution is 0.543. The zero-order valence-electron chi connectivity index (χ0n) is 6.76. The molecule has 0 aromatic heterocycles. The van der Waals surface area contributed by atoms with E-state index in [0.29, 0.717) is 0 Å². The van der Waals surface area contributed by atoms with Gasteiger partial charge in [-0.25, -0.2) is 4.39 Å². The summed E-state index contributed by atoms with van der Waals surface area (Å²) in [6.07, 6.45) is 0. The molecule has 1 rings (SSSR count). The first-order valence-electron chi connectivity index (χ1n) is 3.55. The Balaban J connectivity index is 3.06. The fraction of sp³-hybridized carbons (Fsp3) is 0.333. The van der Waals surface area contributed by atoms with Crippen molar-refractivity contribution in [1.29, 1.82) is 0 Å². The maximum atomic E-state index is 12.6. The number of benzene rings is 1. The molecule has 60 valence electrons. The summed E-state index contributed by atoms with van der Waals surface area (Å²) in [6.45, 7) is 3.70. The van der Waals surface area contributed by atoms with Crippen LogP contribution in [0.4, 0.5) is 4.39 Å². The fourth-order valence-corrected chi connectivity index (χ4v) is 0.889. The van der Waals surface area contributed by atoms with Crippen LogP contribution in [0.15, 0.2) is 24.3 Å². The van der Waals surface area contributed by atoms with Crippen molar-refractivity contribution in [3.8, 4) is 0 Å². The van der Waals surface area contributed by atoms with E-state index in [2.05, 4.69) is 0 Å². The van der Waals surface area contributed by atoms with Gasteiger partial charge in [0.25, 0.3) is 0 Å². The van der Waals surface area contributed by atoms with E-state index in [1.807, 2.05) is 19.9 Å². The molecular formula is C9H12FN. The number of halogens is 1. The van der Waals surface area contributed by atoms with Gasteiger partial charge >= 0.3 is 0 Å². The highest BCUT2D eigenvalue weighted by atomic mass is 19.1. The Bertz CT molecular complexity index is 250. The van der Waals surface area contributed by atoms with Crippen molar-refractivity contribution >= 4 is 0 Å². The molecule has 2 heteroatoms. The lowest BCUT2D eigenvalue weighted by Crippen LogP contribution is -2.28. The Hall–Kier alpha value is -0.890. The second kappa shape index (κ2) is 2.62. The van der Waals surface area contributed by atoms with E-state index in [0.717, 1.165) is 5.56 Å². The molecule has 0 unspecified atom stereocenters. The van der Waals surface area contributed by atoms with Crippen LogP contribution in [0.25, 0.3) is 0 Å². The topological polar surface area (TPSA) is 26.0 Å². The van der Waals surface area contributed by atoms with Gasteiger partial charge in [0.05, 0.1) is 0 Å². The zero-order valence-corrected chi connectivity index (χ0v) is 6.76. The molecule has 0 spiro atoms. The Morgan fingerprint density at radius 3 is 2.36 bits per heavy atom. The molecular weight excluding hydrogens is 141 g/mol. The molecule has 0 amide bonds. The molecule has 0 aliphatic heterocycles. The van der Waals surface area contributed by atoms with E-state index in [9.17, 15) is 4.39 Å². The summed E-state index contributed by atoms with van der Waals surface area (Å²) in [7, 11) is 0. The van der Waals surface area contributed by atoms with Gasteiger partial charge in [-0.05, 0) is 31.5 Å². The predicted molar refractivity (Wildman–Crippen MR) is 43.6 cm³/mol. The SMILES string of the molecule is CC(C)(N)c1cccc(F)c1. The van der Waals surface area contributed by atoms with Crippen LogP contribution in [0.2, 0.25) is 0 Å². The zero-order chi connectivity index (χ0) is 8.48. The first-order chi connectivity index (χ1) is 5.00. The summed E-state index contributed by atoms with van der Waals surface area (Å²) >= 11 is 0. The average molecular weight is 153 g/mol. The summed E-state index contributed by atoms with van der Waals surface area (Å²) in [4.78, 5) is 0. The third-order valence-corrected chi connectivity index (χ3v) is 1.57. The van der Waals surface area contributed by atoms with Gasteiger partial charge in [-0.3, -0.25) is 0 Å². The maximum absolute atomic E-state index is 12.6. The highest BCUT2D eigenvalue weighted by molar-refractivity contribution is 5.22. The van der Waals surface area contributed by atoms with Gasteiger partial charge in [0.15, 0.2) is 0 Å². The fourth-order valence-electron chi connectivity index (χ4n) is 0.889. The average Bonchev–Trinajstić information content (AvgIpc) is 1.86. The van der Waals surface area contributed by atoms with E-state index in [4.69, 9.17) is 5.73 Å². The van der Waals surface area contributed by atoms with E-state index >= 15 is 0 Å². The highest BCUT2D eigenvalue weighted by Gasteiger charge is 2.13. The molecule has 0 aliphatic rings. The smallest absolute Gasteiger partial charge is 0.123 e. The standard InChI is InChI=1S/C9H12FN/c1-9(2,11)7-4-3-5-8(10)6-7/h3-6H,11H2,1-2H3. The third kappa shape index (κ3) is 2.02. The van der Waals surface area contributed by atoms with Crippen LogP contribution >= 0.6 is 0 Å². The molecule has 1 aromatic carbocycles. The van der Waals surface area contributed by atoms with Crippen molar-refractivity contribution in [2.75, 3.05) is 0 Å². The summed E-state index contributed by atoms with van der Waals surface area (Å²) in [6, 6.07) is 6.36. The second-order valence-electron chi connectivity index (χ2n) is 3.23. The van der Waals surface area contributed by atoms with E-state index in [1.54, 1.807) is 6.07 Å². The van der Waals surface area contributed by atoms with Gasteiger partial charge in [-0.2, -0.15) is 0 Å². The normalized spacial score (nSPS) is 11.6. The molecule has 0 radical (unpaired) electrons. The Labute approximate surface area is 66.0 Å². The van der Waals surface area contributed by atoms with Gasteiger partial charge in [0, 0.05) is 5.54 Å². The summed E-state index contributed by atoms with van der Waals surface area (Å²) in [5, 5.41) is 0. The van der Waals surface area contributed by atoms with E-state index < -0.39 is 5.54 Å². The Morgan fingerprint density at radius 1 is 1.36 bits per heavy atom. The number of hydrogen-bond donors (Lipinski definition) is 1. The molecule has 0 atom stereocenters. The van der Waals surface area contributed by atoms with E-state index in [-0.39, 0.29) is 5.82 Å². The van der Waals surface area contributed by atoms with Gasteiger partial charge in [-0.15, -0.1) is 0 Å². The maximum Gasteiger partial charge on any atom is 0.123 e. The number of hydrogen-bond acceptors (Lipinski definition) is 1. The van der Waals surface area contributed by atoms with Gasteiger partial charge in [0.1, 0.15) is 5.82 Å². The minimum Gasteiger partial charge on any atom is -0.322 e. The summed E-state index contributed by atoms with van der Waals surface area (Å²) < 4.78 is 12.6. The van der Waals surface area contributed by atoms with Crippen LogP contribution in [0.5, 0.6) is 0 Å². The van der Waals surface area contributed by atoms with Gasteiger partial charge in [-0.1, -0.05) is 12.1 Å². The van der Waals surface area contributed by atoms with Crippen LogP contribution in [0, 0.1) is 5.82 Å². The van der Waals surface area contributed by atoms with Crippen LogP contribution in [0.1, 0.15) is 19.4 Å². The largest absolute Gasteiger partial charge is 0.322 e. The molecule has 1 nitrogen and oxygen atoms in total. The lowest BCUT2D eigenvalue weighted by atomic mass is 9.96. The Kier molecular flexibility index (Phi) is 1.96. The molecule has 11 heavy (non-hydrogen) atoms. The number of nitrogens with two attached hydrogens (primary N) is 1. The minimum atomic E-state index is -0.456. The minimum absolute atomic E-state index is 0.235. The lowest BCUT2D eigenvalue weighted by Gasteiger charge is -2.18. The van der Waals surface area contributed by atoms with Crippen molar-refractivity contribution in [2.24, 2.45) is 5.73 Å². The summed E-state index contributed by atoms with van der Waals surface area (Å²) in [5.74, 6) is -0.235. The van der Waals surface area contributed by atoms with Crippen molar-refractivity contribution in [1.82, 2.24) is 0 Å². The predicted octanol–water partition coefficient (Wildman–Crippen LogP) is 2.02. The van der Waals surface area contributed by atoms with Crippen molar-refractivity contribution < 1.29 is 4.39 Å². The van der Waals surface area contributed by atoms with Gasteiger partial charge in [0.2, 0.25) is 0 Å². The molecule has 0 saturated carbocycles. The van der Waals surface area contributed by atoms with Crippen molar-refractivity contribution in [3.05, 3.63) is 35.6 Å². The molecule has 0 fully saturated rings. The quantitative estimate of drug-likeness (QED) is 0.656. The number of rotatable bonds is 1. The Morgan fingerprint density at radius 2 is 2.00 bits per heavy atom. The van der Waals surface area contributed by atoms with Crippen LogP contribution in [-0.2, 0) is 5.54 Å². The second-order valence-corrected chi connectivity index (χ2v) is 3.23. The third-order valence-electron chi connectivity index (χ3n) is 1.57. The van der Waals surface area contributed by atoms with Crippen molar-refractivity contribution in [2.45, 2.75) is 19.4 Å². The first kappa shape index (κ1) is 8.21. The monoisotopic (exact) mass is 153 g/mol. The molecule has 0 bridgehead atoms. The summed E-state index contributed by atoms with van der Waals surface area (Å²) in [5.41, 5.74) is 6.12. The van der Waals surface area contributed by atoms with Crippen LogP contribution < -0.4 is 5.73 Å². The molecule has 2 N–H and O–H groups in total. The molecule has 0 saturated heterocycles. The first-order valence-corrected chi connectivity index (χ1v) is 3.55. The van der Waals surface area contributed by atoms with Gasteiger partial charge < -0.3 is 5.73 Å². The molecule has 1 aromatic rings. The van der Waals surface area contributed by atoms with Crippen molar-refractivity contribution in [3.63, 3.8) is 0 Å². The highest BCUT2D eigenvalue weighted by Crippen LogP contribution is 2.16. The molecule has 0 heterocycles. The van der Waals surface area contributed by atoms with E-state index in [1.165, 1.54) is 12.1 Å². The molecule has 0 aliphatic carbocycles.